The second-order valence-corrected chi connectivity index (χ2v) is 4.04. The molecule has 3 heterocycles. The van der Waals surface area contributed by atoms with Gasteiger partial charge in [0.1, 0.15) is 11.4 Å². The average Bonchev–Trinajstić information content (AvgIpc) is 3.08. The number of aryl methyl sites for hydroxylation is 1. The number of nitrogens with zero attached hydrogens (tertiary/aromatic N) is 4. The Kier molecular flexibility index (Phi) is 2.64. The molecule has 0 spiro atoms. The normalized spacial score (nSPS) is 10.6. The summed E-state index contributed by atoms with van der Waals surface area (Å²) >= 11 is 0. The summed E-state index contributed by atoms with van der Waals surface area (Å²) in [6.07, 6.45) is 8.44. The predicted molar refractivity (Wildman–Crippen MR) is 69.1 cm³/mol. The van der Waals surface area contributed by atoms with Crippen molar-refractivity contribution in [2.75, 3.05) is 5.32 Å². The quantitative estimate of drug-likeness (QED) is 0.738. The van der Waals surface area contributed by atoms with E-state index in [1.54, 1.807) is 30.3 Å². The number of aromatic amines is 1. The van der Waals surface area contributed by atoms with Crippen LogP contribution in [0.5, 0.6) is 0 Å². The van der Waals surface area contributed by atoms with Crippen molar-refractivity contribution in [2.24, 2.45) is 7.05 Å². The number of carbonyl (C=O) groups excluding carboxylic acids is 1. The molecule has 7 nitrogen and oxygen atoms in total. The van der Waals surface area contributed by atoms with Gasteiger partial charge in [0, 0.05) is 25.6 Å². The minimum atomic E-state index is -0.224. The van der Waals surface area contributed by atoms with Gasteiger partial charge in [-0.15, -0.1) is 0 Å². The molecular formula is C12H12N6O. The van der Waals surface area contributed by atoms with Crippen LogP contribution < -0.4 is 5.32 Å². The molecule has 0 saturated carbocycles. The lowest BCUT2D eigenvalue weighted by Gasteiger charge is -2.07. The molecule has 0 aliphatic heterocycles. The van der Waals surface area contributed by atoms with Gasteiger partial charge in [-0.3, -0.25) is 14.6 Å². The second kappa shape index (κ2) is 4.45. The SMILES string of the molecule is Cn1ncc(C(=O)Nc2cn[nH]c2)c1-n1cccc1. The smallest absolute Gasteiger partial charge is 0.261 e. The first-order chi connectivity index (χ1) is 9.25. The summed E-state index contributed by atoms with van der Waals surface area (Å²) < 4.78 is 3.50. The van der Waals surface area contributed by atoms with Gasteiger partial charge in [0.25, 0.3) is 5.91 Å². The molecule has 3 aromatic rings. The van der Waals surface area contributed by atoms with Crippen LogP contribution in [0.1, 0.15) is 10.4 Å². The summed E-state index contributed by atoms with van der Waals surface area (Å²) in [5, 5.41) is 13.3. The van der Waals surface area contributed by atoms with Crippen LogP contribution in [0.4, 0.5) is 5.69 Å². The van der Waals surface area contributed by atoms with Gasteiger partial charge in [-0.25, -0.2) is 0 Å². The minimum Gasteiger partial charge on any atom is -0.319 e. The Balaban J connectivity index is 1.95. The lowest BCUT2D eigenvalue weighted by atomic mass is 10.3. The van der Waals surface area contributed by atoms with Gasteiger partial charge in [0.2, 0.25) is 0 Å². The molecule has 7 heteroatoms. The van der Waals surface area contributed by atoms with Crippen molar-refractivity contribution < 1.29 is 4.79 Å². The Morgan fingerprint density at radius 2 is 2.11 bits per heavy atom. The highest BCUT2D eigenvalue weighted by molar-refractivity contribution is 6.06. The van der Waals surface area contributed by atoms with Crippen molar-refractivity contribution in [2.45, 2.75) is 0 Å². The highest BCUT2D eigenvalue weighted by atomic mass is 16.1. The molecule has 0 radical (unpaired) electrons. The molecule has 3 aromatic heterocycles. The summed E-state index contributed by atoms with van der Waals surface area (Å²) in [6.45, 7) is 0. The first-order valence-corrected chi connectivity index (χ1v) is 5.71. The number of nitrogens with one attached hydrogen (secondary N) is 2. The van der Waals surface area contributed by atoms with E-state index in [1.165, 1.54) is 0 Å². The Bertz CT molecular complexity index is 680. The number of carbonyl (C=O) groups is 1. The maximum absolute atomic E-state index is 12.2. The molecule has 0 aliphatic carbocycles. The Labute approximate surface area is 108 Å². The van der Waals surface area contributed by atoms with Crippen molar-refractivity contribution in [3.05, 3.63) is 48.7 Å². The van der Waals surface area contributed by atoms with E-state index in [2.05, 4.69) is 20.6 Å². The third-order valence-electron chi connectivity index (χ3n) is 2.76. The monoisotopic (exact) mass is 256 g/mol. The zero-order valence-electron chi connectivity index (χ0n) is 10.2. The maximum Gasteiger partial charge on any atom is 0.261 e. The molecule has 19 heavy (non-hydrogen) atoms. The first-order valence-electron chi connectivity index (χ1n) is 5.71. The van der Waals surface area contributed by atoms with Gasteiger partial charge in [-0.1, -0.05) is 0 Å². The fourth-order valence-electron chi connectivity index (χ4n) is 1.89. The number of H-pyrrole nitrogens is 1. The molecule has 0 saturated heterocycles. The third kappa shape index (κ3) is 2.01. The van der Waals surface area contributed by atoms with E-state index in [4.69, 9.17) is 0 Å². The number of aromatic nitrogens is 5. The van der Waals surface area contributed by atoms with Crippen molar-refractivity contribution in [3.63, 3.8) is 0 Å². The fourth-order valence-corrected chi connectivity index (χ4v) is 1.89. The highest BCUT2D eigenvalue weighted by Gasteiger charge is 2.17. The van der Waals surface area contributed by atoms with Crippen LogP contribution in [0.3, 0.4) is 0 Å². The van der Waals surface area contributed by atoms with Crippen LogP contribution >= 0.6 is 0 Å². The van der Waals surface area contributed by atoms with E-state index in [0.29, 0.717) is 17.1 Å². The summed E-state index contributed by atoms with van der Waals surface area (Å²) in [6, 6.07) is 3.79. The van der Waals surface area contributed by atoms with Gasteiger partial charge in [0.05, 0.1) is 18.1 Å². The van der Waals surface area contributed by atoms with Gasteiger partial charge < -0.3 is 9.88 Å². The third-order valence-corrected chi connectivity index (χ3v) is 2.76. The number of rotatable bonds is 3. The topological polar surface area (TPSA) is 80.5 Å². The molecule has 1 amide bonds. The van der Waals surface area contributed by atoms with E-state index < -0.39 is 0 Å². The van der Waals surface area contributed by atoms with E-state index in [0.717, 1.165) is 0 Å². The largest absolute Gasteiger partial charge is 0.319 e. The summed E-state index contributed by atoms with van der Waals surface area (Å²) in [4.78, 5) is 12.2. The van der Waals surface area contributed by atoms with Gasteiger partial charge >= 0.3 is 0 Å². The van der Waals surface area contributed by atoms with E-state index in [1.807, 2.05) is 29.1 Å². The van der Waals surface area contributed by atoms with Crippen LogP contribution in [-0.2, 0) is 7.05 Å². The Hall–Kier alpha value is -2.83. The predicted octanol–water partition coefficient (Wildman–Crippen LogP) is 1.19. The maximum atomic E-state index is 12.2. The van der Waals surface area contributed by atoms with E-state index >= 15 is 0 Å². The van der Waals surface area contributed by atoms with Gasteiger partial charge in [-0.2, -0.15) is 10.2 Å². The van der Waals surface area contributed by atoms with Gasteiger partial charge in [-0.05, 0) is 12.1 Å². The average molecular weight is 256 g/mol. The standard InChI is InChI=1S/C12H12N6O/c1-17-12(18-4-2-3-5-18)10(8-15-17)11(19)16-9-6-13-14-7-9/h2-8H,1H3,(H,13,14)(H,16,19). The molecule has 0 bridgehead atoms. The molecule has 2 N–H and O–H groups in total. The zero-order chi connectivity index (χ0) is 13.2. The van der Waals surface area contributed by atoms with Crippen molar-refractivity contribution >= 4 is 11.6 Å². The van der Waals surface area contributed by atoms with E-state index in [9.17, 15) is 4.79 Å². The van der Waals surface area contributed by atoms with Crippen molar-refractivity contribution in [1.82, 2.24) is 24.5 Å². The number of hydrogen-bond donors (Lipinski definition) is 2. The summed E-state index contributed by atoms with van der Waals surface area (Å²) in [5.74, 6) is 0.490. The first kappa shape index (κ1) is 11.3. The molecule has 96 valence electrons. The van der Waals surface area contributed by atoms with Crippen LogP contribution in [-0.4, -0.2) is 30.5 Å². The number of amides is 1. The van der Waals surface area contributed by atoms with Crippen molar-refractivity contribution in [3.8, 4) is 5.82 Å². The number of hydrogen-bond acceptors (Lipinski definition) is 3. The van der Waals surface area contributed by atoms with Crippen LogP contribution in [0, 0.1) is 0 Å². The minimum absolute atomic E-state index is 0.224. The fraction of sp³-hybridized carbons (Fsp3) is 0.0833. The molecule has 0 aliphatic rings. The van der Waals surface area contributed by atoms with Gasteiger partial charge in [0.15, 0.2) is 0 Å². The lowest BCUT2D eigenvalue weighted by molar-refractivity contribution is 0.102. The second-order valence-electron chi connectivity index (χ2n) is 4.04. The van der Waals surface area contributed by atoms with Crippen LogP contribution in [0.25, 0.3) is 5.82 Å². The van der Waals surface area contributed by atoms with E-state index in [-0.39, 0.29) is 5.91 Å². The molecular weight excluding hydrogens is 244 g/mol. The Morgan fingerprint density at radius 3 is 2.79 bits per heavy atom. The molecule has 0 fully saturated rings. The molecule has 0 unspecified atom stereocenters. The Morgan fingerprint density at radius 1 is 1.32 bits per heavy atom. The molecule has 3 rings (SSSR count). The van der Waals surface area contributed by atoms with Crippen LogP contribution in [0.2, 0.25) is 0 Å². The summed E-state index contributed by atoms with van der Waals surface area (Å²) in [7, 11) is 1.80. The molecule has 0 atom stereocenters. The number of anilines is 1. The lowest BCUT2D eigenvalue weighted by Crippen LogP contribution is -2.14. The highest BCUT2D eigenvalue weighted by Crippen LogP contribution is 2.15. The molecule has 0 aromatic carbocycles. The zero-order valence-corrected chi connectivity index (χ0v) is 10.2. The summed E-state index contributed by atoms with van der Waals surface area (Å²) in [5.41, 5.74) is 1.12. The van der Waals surface area contributed by atoms with Crippen molar-refractivity contribution in [1.29, 1.82) is 0 Å². The van der Waals surface area contributed by atoms with Crippen LogP contribution in [0.15, 0.2) is 43.1 Å².